The van der Waals surface area contributed by atoms with Gasteiger partial charge in [0.05, 0.1) is 7.11 Å². The molecule has 3 heteroatoms. The maximum absolute atomic E-state index is 14.0. The molecule has 1 atom stereocenters. The van der Waals surface area contributed by atoms with Crippen molar-refractivity contribution < 1.29 is 9.13 Å². The summed E-state index contributed by atoms with van der Waals surface area (Å²) in [4.78, 5) is 0. The molecule has 2 rings (SSSR count). The molecule has 2 N–H and O–H groups in total. The molecule has 0 spiro atoms. The Morgan fingerprint density at radius 2 is 2.00 bits per heavy atom. The summed E-state index contributed by atoms with van der Waals surface area (Å²) < 4.78 is 19.0. The highest BCUT2D eigenvalue weighted by Gasteiger charge is 2.42. The van der Waals surface area contributed by atoms with Gasteiger partial charge in [-0.1, -0.05) is 19.9 Å². The zero-order valence-electron chi connectivity index (χ0n) is 10.7. The first-order valence-corrected chi connectivity index (χ1v) is 5.99. The first-order valence-electron chi connectivity index (χ1n) is 5.99. The Kier molecular flexibility index (Phi) is 2.90. The van der Waals surface area contributed by atoms with Crippen molar-refractivity contribution >= 4 is 0 Å². The van der Waals surface area contributed by atoms with E-state index in [2.05, 4.69) is 13.8 Å². The van der Waals surface area contributed by atoms with Gasteiger partial charge in [0, 0.05) is 17.2 Å². The molecule has 1 aliphatic rings. The van der Waals surface area contributed by atoms with Gasteiger partial charge in [-0.05, 0) is 30.7 Å². The van der Waals surface area contributed by atoms with E-state index in [0.717, 1.165) is 19.3 Å². The molecule has 0 heterocycles. The van der Waals surface area contributed by atoms with E-state index in [9.17, 15) is 4.39 Å². The van der Waals surface area contributed by atoms with E-state index < -0.39 is 5.54 Å². The molecule has 0 aromatic heterocycles. The summed E-state index contributed by atoms with van der Waals surface area (Å²) in [5.74, 6) is 0.275. The van der Waals surface area contributed by atoms with E-state index >= 15 is 0 Å². The van der Waals surface area contributed by atoms with Crippen LogP contribution in [-0.4, -0.2) is 7.11 Å². The van der Waals surface area contributed by atoms with Crippen molar-refractivity contribution in [1.82, 2.24) is 0 Å². The van der Waals surface area contributed by atoms with E-state index in [0.29, 0.717) is 11.3 Å². The number of nitrogens with two attached hydrogens (primary N) is 1. The fourth-order valence-electron chi connectivity index (χ4n) is 2.85. The summed E-state index contributed by atoms with van der Waals surface area (Å²) in [5.41, 5.74) is 6.65. The third-order valence-corrected chi connectivity index (χ3v) is 3.75. The van der Waals surface area contributed by atoms with Crippen LogP contribution in [0.15, 0.2) is 18.2 Å². The lowest BCUT2D eigenvalue weighted by Crippen LogP contribution is -2.35. The highest BCUT2D eigenvalue weighted by atomic mass is 19.1. The van der Waals surface area contributed by atoms with Gasteiger partial charge in [0.15, 0.2) is 0 Å². The molecule has 1 aromatic carbocycles. The van der Waals surface area contributed by atoms with Gasteiger partial charge >= 0.3 is 0 Å². The average Bonchev–Trinajstić information content (AvgIpc) is 2.53. The topological polar surface area (TPSA) is 35.2 Å². The van der Waals surface area contributed by atoms with Crippen molar-refractivity contribution in [3.63, 3.8) is 0 Å². The van der Waals surface area contributed by atoms with Crippen molar-refractivity contribution in [2.24, 2.45) is 11.1 Å². The number of methoxy groups -OCH3 is 1. The zero-order valence-corrected chi connectivity index (χ0v) is 10.7. The van der Waals surface area contributed by atoms with Crippen LogP contribution >= 0.6 is 0 Å². The lowest BCUT2D eigenvalue weighted by atomic mass is 9.84. The predicted molar refractivity (Wildman–Crippen MR) is 66.4 cm³/mol. The van der Waals surface area contributed by atoms with Crippen LogP contribution in [-0.2, 0) is 5.54 Å². The van der Waals surface area contributed by atoms with Gasteiger partial charge in [-0.2, -0.15) is 0 Å². The number of rotatable bonds is 2. The maximum Gasteiger partial charge on any atom is 0.131 e. The SMILES string of the molecule is COc1ccc(C2(N)CCC(C)(C)C2)c(F)c1. The van der Waals surface area contributed by atoms with Crippen molar-refractivity contribution in [3.8, 4) is 5.75 Å². The quantitative estimate of drug-likeness (QED) is 0.857. The van der Waals surface area contributed by atoms with Crippen LogP contribution in [0.2, 0.25) is 0 Å². The molecule has 0 bridgehead atoms. The van der Waals surface area contributed by atoms with Crippen LogP contribution in [0.3, 0.4) is 0 Å². The van der Waals surface area contributed by atoms with Crippen molar-refractivity contribution in [1.29, 1.82) is 0 Å². The summed E-state index contributed by atoms with van der Waals surface area (Å²) in [6, 6.07) is 4.95. The van der Waals surface area contributed by atoms with Gasteiger partial charge in [-0.25, -0.2) is 4.39 Å². The van der Waals surface area contributed by atoms with Crippen molar-refractivity contribution in [3.05, 3.63) is 29.6 Å². The first kappa shape index (κ1) is 12.4. The van der Waals surface area contributed by atoms with Crippen LogP contribution < -0.4 is 10.5 Å². The number of hydrogen-bond donors (Lipinski definition) is 1. The minimum atomic E-state index is -0.528. The molecule has 17 heavy (non-hydrogen) atoms. The highest BCUT2D eigenvalue weighted by Crippen LogP contribution is 2.48. The second-order valence-electron chi connectivity index (χ2n) is 5.84. The van der Waals surface area contributed by atoms with Gasteiger partial charge in [-0.15, -0.1) is 0 Å². The maximum atomic E-state index is 14.0. The Balaban J connectivity index is 2.35. The number of ether oxygens (including phenoxy) is 1. The van der Waals surface area contributed by atoms with Crippen LogP contribution in [0, 0.1) is 11.2 Å². The number of benzene rings is 1. The summed E-state index contributed by atoms with van der Waals surface area (Å²) in [7, 11) is 1.53. The van der Waals surface area contributed by atoms with E-state index in [-0.39, 0.29) is 11.2 Å². The second-order valence-corrected chi connectivity index (χ2v) is 5.84. The van der Waals surface area contributed by atoms with E-state index in [1.54, 1.807) is 12.1 Å². The van der Waals surface area contributed by atoms with Gasteiger partial charge in [0.25, 0.3) is 0 Å². The Morgan fingerprint density at radius 3 is 2.47 bits per heavy atom. The largest absolute Gasteiger partial charge is 0.497 e. The summed E-state index contributed by atoms with van der Waals surface area (Å²) in [6.07, 6.45) is 2.70. The van der Waals surface area contributed by atoms with Crippen molar-refractivity contribution in [2.75, 3.05) is 7.11 Å². The molecule has 0 saturated heterocycles. The molecular formula is C14H20FNO. The smallest absolute Gasteiger partial charge is 0.131 e. The Morgan fingerprint density at radius 1 is 1.29 bits per heavy atom. The van der Waals surface area contributed by atoms with Crippen LogP contribution in [0.4, 0.5) is 4.39 Å². The molecule has 1 saturated carbocycles. The fraction of sp³-hybridized carbons (Fsp3) is 0.571. The third-order valence-electron chi connectivity index (χ3n) is 3.75. The molecular weight excluding hydrogens is 217 g/mol. The molecule has 0 aliphatic heterocycles. The summed E-state index contributed by atoms with van der Waals surface area (Å²) >= 11 is 0. The molecule has 0 amide bonds. The number of hydrogen-bond acceptors (Lipinski definition) is 2. The van der Waals surface area contributed by atoms with Crippen LogP contribution in [0.1, 0.15) is 38.7 Å². The molecule has 94 valence electrons. The molecule has 1 fully saturated rings. The fourth-order valence-corrected chi connectivity index (χ4v) is 2.85. The Labute approximate surface area is 102 Å². The third kappa shape index (κ3) is 2.29. The first-order chi connectivity index (χ1) is 7.86. The average molecular weight is 237 g/mol. The van der Waals surface area contributed by atoms with Crippen LogP contribution in [0.25, 0.3) is 0 Å². The lowest BCUT2D eigenvalue weighted by Gasteiger charge is -2.27. The molecule has 1 unspecified atom stereocenters. The minimum absolute atomic E-state index is 0.196. The normalized spacial score (nSPS) is 27.1. The second kappa shape index (κ2) is 3.98. The molecule has 1 aliphatic carbocycles. The molecule has 1 aromatic rings. The van der Waals surface area contributed by atoms with Crippen LogP contribution in [0.5, 0.6) is 5.75 Å². The minimum Gasteiger partial charge on any atom is -0.497 e. The van der Waals surface area contributed by atoms with Gasteiger partial charge in [0.2, 0.25) is 0 Å². The van der Waals surface area contributed by atoms with E-state index in [4.69, 9.17) is 10.5 Å². The van der Waals surface area contributed by atoms with E-state index in [1.165, 1.54) is 13.2 Å². The Bertz CT molecular complexity index is 430. The van der Waals surface area contributed by atoms with Gasteiger partial charge in [0.1, 0.15) is 11.6 Å². The van der Waals surface area contributed by atoms with Gasteiger partial charge in [-0.3, -0.25) is 0 Å². The summed E-state index contributed by atoms with van der Waals surface area (Å²) in [6.45, 7) is 4.37. The molecule has 0 radical (unpaired) electrons. The standard InChI is InChI=1S/C14H20FNO/c1-13(2)6-7-14(16,9-13)11-5-4-10(17-3)8-12(11)15/h4-5,8H,6-7,9,16H2,1-3H3. The lowest BCUT2D eigenvalue weighted by molar-refractivity contribution is 0.333. The zero-order chi connectivity index (χ0) is 12.7. The van der Waals surface area contributed by atoms with Gasteiger partial charge < -0.3 is 10.5 Å². The molecule has 2 nitrogen and oxygen atoms in total. The predicted octanol–water partition coefficient (Wildman–Crippen LogP) is 3.20. The number of halogens is 1. The monoisotopic (exact) mass is 237 g/mol. The Hall–Kier alpha value is -1.09. The highest BCUT2D eigenvalue weighted by molar-refractivity contribution is 5.34. The van der Waals surface area contributed by atoms with Crippen molar-refractivity contribution in [2.45, 2.75) is 38.6 Å². The van der Waals surface area contributed by atoms with E-state index in [1.807, 2.05) is 0 Å². The summed E-state index contributed by atoms with van der Waals surface area (Å²) in [5, 5.41) is 0.